The Labute approximate surface area is 132 Å². The molecule has 1 aromatic carbocycles. The maximum atomic E-state index is 12.2. The summed E-state index contributed by atoms with van der Waals surface area (Å²) in [6.07, 6.45) is 0.00366. The van der Waals surface area contributed by atoms with E-state index >= 15 is 0 Å². The van der Waals surface area contributed by atoms with Gasteiger partial charge in [-0.05, 0) is 17.5 Å². The van der Waals surface area contributed by atoms with E-state index in [1.807, 2.05) is 35.7 Å². The van der Waals surface area contributed by atoms with Gasteiger partial charge < -0.3 is 15.2 Å². The van der Waals surface area contributed by atoms with E-state index in [-0.39, 0.29) is 18.7 Å². The summed E-state index contributed by atoms with van der Waals surface area (Å²) in [6, 6.07) is 10.4. The first-order valence-corrected chi connectivity index (χ1v) is 7.64. The standard InChI is InChI=1S/C16H17NO4S/c1-21-13-6-3-2-5-11(13)9-15(18)17-12(10-16(19)20)14-7-4-8-22-14/h2-8,12H,9-10H2,1H3,(H,17,18)(H,19,20)/t12-/m1/s1. The molecule has 0 aliphatic rings. The molecule has 1 heterocycles. The Morgan fingerprint density at radius 1 is 1.27 bits per heavy atom. The van der Waals surface area contributed by atoms with Crippen molar-refractivity contribution < 1.29 is 19.4 Å². The fraction of sp³-hybridized carbons (Fsp3) is 0.250. The fourth-order valence-corrected chi connectivity index (χ4v) is 2.93. The van der Waals surface area contributed by atoms with Gasteiger partial charge in [0.2, 0.25) is 5.91 Å². The van der Waals surface area contributed by atoms with Crippen molar-refractivity contribution in [1.82, 2.24) is 5.32 Å². The summed E-state index contributed by atoms with van der Waals surface area (Å²) in [6.45, 7) is 0. The number of carbonyl (C=O) groups excluding carboxylic acids is 1. The highest BCUT2D eigenvalue weighted by molar-refractivity contribution is 7.10. The minimum Gasteiger partial charge on any atom is -0.496 e. The van der Waals surface area contributed by atoms with Crippen LogP contribution in [0.5, 0.6) is 5.75 Å². The van der Waals surface area contributed by atoms with Crippen LogP contribution < -0.4 is 10.1 Å². The quantitative estimate of drug-likeness (QED) is 0.822. The smallest absolute Gasteiger partial charge is 0.305 e. The van der Waals surface area contributed by atoms with Crippen LogP contribution in [0, 0.1) is 0 Å². The molecule has 0 aliphatic carbocycles. The topological polar surface area (TPSA) is 75.6 Å². The summed E-state index contributed by atoms with van der Waals surface area (Å²) in [7, 11) is 1.55. The van der Waals surface area contributed by atoms with Crippen LogP contribution in [0.15, 0.2) is 41.8 Å². The molecule has 2 N–H and O–H groups in total. The Hall–Kier alpha value is -2.34. The van der Waals surface area contributed by atoms with Crippen molar-refractivity contribution in [3.05, 3.63) is 52.2 Å². The second kappa shape index (κ2) is 7.61. The molecular weight excluding hydrogens is 302 g/mol. The normalized spacial score (nSPS) is 11.7. The molecular formula is C16H17NO4S. The Bertz CT molecular complexity index is 639. The molecule has 2 aromatic rings. The molecule has 0 bridgehead atoms. The van der Waals surface area contributed by atoms with Gasteiger partial charge in [0, 0.05) is 10.4 Å². The lowest BCUT2D eigenvalue weighted by atomic mass is 10.1. The van der Waals surface area contributed by atoms with Gasteiger partial charge in [0.05, 0.1) is 26.0 Å². The third-order valence-electron chi connectivity index (χ3n) is 3.14. The number of hydrogen-bond acceptors (Lipinski definition) is 4. The van der Waals surface area contributed by atoms with Crippen LogP contribution in [0.25, 0.3) is 0 Å². The van der Waals surface area contributed by atoms with Gasteiger partial charge in [-0.3, -0.25) is 9.59 Å². The molecule has 0 saturated heterocycles. The number of methoxy groups -OCH3 is 1. The van der Waals surface area contributed by atoms with Crippen molar-refractivity contribution >= 4 is 23.2 Å². The van der Waals surface area contributed by atoms with Gasteiger partial charge in [-0.1, -0.05) is 24.3 Å². The van der Waals surface area contributed by atoms with Gasteiger partial charge in [0.25, 0.3) is 0 Å². The highest BCUT2D eigenvalue weighted by atomic mass is 32.1. The SMILES string of the molecule is COc1ccccc1CC(=O)N[C@H](CC(=O)O)c1cccs1. The Balaban J connectivity index is 2.06. The first kappa shape index (κ1) is 16.0. The summed E-state index contributed by atoms with van der Waals surface area (Å²) in [5, 5.41) is 13.6. The van der Waals surface area contributed by atoms with E-state index in [0.717, 1.165) is 10.4 Å². The minimum atomic E-state index is -0.948. The van der Waals surface area contributed by atoms with Gasteiger partial charge in [-0.15, -0.1) is 11.3 Å². The third kappa shape index (κ3) is 4.33. The van der Waals surface area contributed by atoms with Gasteiger partial charge in [0.1, 0.15) is 5.75 Å². The number of para-hydroxylation sites is 1. The van der Waals surface area contributed by atoms with E-state index in [4.69, 9.17) is 9.84 Å². The molecule has 0 saturated carbocycles. The number of benzene rings is 1. The number of rotatable bonds is 7. The summed E-state index contributed by atoms with van der Waals surface area (Å²) < 4.78 is 5.22. The Kier molecular flexibility index (Phi) is 5.55. The fourth-order valence-electron chi connectivity index (χ4n) is 2.15. The van der Waals surface area contributed by atoms with Crippen LogP contribution in [0.1, 0.15) is 22.9 Å². The summed E-state index contributed by atoms with van der Waals surface area (Å²) in [4.78, 5) is 24.0. The molecule has 5 nitrogen and oxygen atoms in total. The molecule has 0 spiro atoms. The Morgan fingerprint density at radius 3 is 2.68 bits per heavy atom. The van der Waals surface area contributed by atoms with Crippen molar-refractivity contribution in [3.8, 4) is 5.75 Å². The molecule has 0 unspecified atom stereocenters. The molecule has 22 heavy (non-hydrogen) atoms. The van der Waals surface area contributed by atoms with Gasteiger partial charge >= 0.3 is 5.97 Å². The van der Waals surface area contributed by atoms with Gasteiger partial charge in [0.15, 0.2) is 0 Å². The van der Waals surface area contributed by atoms with Crippen LogP contribution in [0.4, 0.5) is 0 Å². The first-order chi connectivity index (χ1) is 10.6. The van der Waals surface area contributed by atoms with E-state index < -0.39 is 12.0 Å². The van der Waals surface area contributed by atoms with Crippen LogP contribution in [0.2, 0.25) is 0 Å². The minimum absolute atomic E-state index is 0.141. The average Bonchev–Trinajstić information content (AvgIpc) is 3.01. The monoisotopic (exact) mass is 319 g/mol. The van der Waals surface area contributed by atoms with Crippen LogP contribution in [-0.4, -0.2) is 24.1 Å². The lowest BCUT2D eigenvalue weighted by Crippen LogP contribution is -2.31. The number of aliphatic carboxylic acids is 1. The van der Waals surface area contributed by atoms with E-state index in [1.54, 1.807) is 13.2 Å². The predicted molar refractivity (Wildman–Crippen MR) is 84.2 cm³/mol. The maximum absolute atomic E-state index is 12.2. The van der Waals surface area contributed by atoms with Crippen molar-refractivity contribution in [2.45, 2.75) is 18.9 Å². The molecule has 1 amide bonds. The van der Waals surface area contributed by atoms with Crippen LogP contribution in [-0.2, 0) is 16.0 Å². The summed E-state index contributed by atoms with van der Waals surface area (Å²) in [5.74, 6) is -0.538. The number of ether oxygens (including phenoxy) is 1. The summed E-state index contributed by atoms with van der Waals surface area (Å²) in [5.41, 5.74) is 0.766. The second-order valence-corrected chi connectivity index (χ2v) is 5.70. The van der Waals surface area contributed by atoms with Crippen LogP contribution in [0.3, 0.4) is 0 Å². The lowest BCUT2D eigenvalue weighted by Gasteiger charge is -2.16. The van der Waals surface area contributed by atoms with Gasteiger partial charge in [-0.2, -0.15) is 0 Å². The summed E-state index contributed by atoms with van der Waals surface area (Å²) >= 11 is 1.43. The van der Waals surface area contributed by atoms with Crippen molar-refractivity contribution in [1.29, 1.82) is 0 Å². The number of amides is 1. The highest BCUT2D eigenvalue weighted by Gasteiger charge is 2.19. The Morgan fingerprint density at radius 2 is 2.05 bits per heavy atom. The average molecular weight is 319 g/mol. The molecule has 0 radical (unpaired) electrons. The zero-order chi connectivity index (χ0) is 15.9. The number of hydrogen-bond donors (Lipinski definition) is 2. The number of carbonyl (C=O) groups is 2. The first-order valence-electron chi connectivity index (χ1n) is 6.76. The zero-order valence-electron chi connectivity index (χ0n) is 12.1. The van der Waals surface area contributed by atoms with E-state index in [1.165, 1.54) is 11.3 Å². The second-order valence-electron chi connectivity index (χ2n) is 4.72. The number of carboxylic acids is 1. The molecule has 0 aliphatic heterocycles. The van der Waals surface area contributed by atoms with E-state index in [0.29, 0.717) is 5.75 Å². The largest absolute Gasteiger partial charge is 0.496 e. The van der Waals surface area contributed by atoms with E-state index in [2.05, 4.69) is 5.32 Å². The maximum Gasteiger partial charge on any atom is 0.305 e. The molecule has 0 fully saturated rings. The molecule has 116 valence electrons. The van der Waals surface area contributed by atoms with Crippen molar-refractivity contribution in [2.24, 2.45) is 0 Å². The number of nitrogens with one attached hydrogen (secondary N) is 1. The predicted octanol–water partition coefficient (Wildman–Crippen LogP) is 2.63. The molecule has 2 rings (SSSR count). The zero-order valence-corrected chi connectivity index (χ0v) is 12.9. The van der Waals surface area contributed by atoms with Gasteiger partial charge in [-0.25, -0.2) is 0 Å². The highest BCUT2D eigenvalue weighted by Crippen LogP contribution is 2.23. The lowest BCUT2D eigenvalue weighted by molar-refractivity contribution is -0.137. The third-order valence-corrected chi connectivity index (χ3v) is 4.13. The van der Waals surface area contributed by atoms with Crippen molar-refractivity contribution in [3.63, 3.8) is 0 Å². The molecule has 1 aromatic heterocycles. The number of thiophene rings is 1. The van der Waals surface area contributed by atoms with Crippen LogP contribution >= 0.6 is 11.3 Å². The molecule has 1 atom stereocenters. The molecule has 6 heteroatoms. The van der Waals surface area contributed by atoms with E-state index in [9.17, 15) is 9.59 Å². The number of carboxylic acid groups (broad SMARTS) is 1. The van der Waals surface area contributed by atoms with Crippen molar-refractivity contribution in [2.75, 3.05) is 7.11 Å².